The maximum atomic E-state index is 13.3. The van der Waals surface area contributed by atoms with E-state index in [1.165, 1.54) is 17.1 Å². The molecule has 0 saturated carbocycles. The van der Waals surface area contributed by atoms with Crippen LogP contribution in [0.1, 0.15) is 22.8 Å². The van der Waals surface area contributed by atoms with Crippen molar-refractivity contribution in [2.45, 2.75) is 17.8 Å². The number of alkyl halides is 3. The van der Waals surface area contributed by atoms with Gasteiger partial charge in [-0.2, -0.15) is 4.39 Å². The van der Waals surface area contributed by atoms with E-state index < -0.39 is 3.92 Å². The minimum Gasteiger partial charge on any atom is -0.294 e. The Labute approximate surface area is 131 Å². The summed E-state index contributed by atoms with van der Waals surface area (Å²) in [5.74, 6) is -0.101. The number of carbonyl (C=O) groups excluding carboxylic acids is 1. The van der Waals surface area contributed by atoms with Crippen LogP contribution in [0.4, 0.5) is 4.39 Å². The molecule has 6 heteroatoms. The number of halogens is 3. The van der Waals surface area contributed by atoms with E-state index in [9.17, 15) is 9.18 Å². The Morgan fingerprint density at radius 1 is 1.25 bits per heavy atom. The van der Waals surface area contributed by atoms with E-state index in [0.29, 0.717) is 17.5 Å². The maximum absolute atomic E-state index is 13.3. The van der Waals surface area contributed by atoms with Crippen molar-refractivity contribution in [3.63, 3.8) is 0 Å². The molecule has 0 amide bonds. The van der Waals surface area contributed by atoms with E-state index in [2.05, 4.69) is 0 Å². The Balaban J connectivity index is 2.52. The van der Waals surface area contributed by atoms with Crippen molar-refractivity contribution >= 4 is 40.9 Å². The number of hydrogen-bond donors (Lipinski definition) is 0. The summed E-state index contributed by atoms with van der Waals surface area (Å²) < 4.78 is 12.3. The molecule has 2 aromatic rings. The van der Waals surface area contributed by atoms with E-state index in [-0.39, 0.29) is 5.78 Å². The van der Waals surface area contributed by atoms with Gasteiger partial charge in [0.1, 0.15) is 0 Å². The SMILES string of the molecule is CC(=O)c1cn(SC(F)(Cl)Cl)cc1-c1ccccc1C. The second kappa shape index (κ2) is 5.80. The number of hydrogen-bond acceptors (Lipinski definition) is 2. The molecule has 106 valence electrons. The normalized spacial score (nSPS) is 11.7. The van der Waals surface area contributed by atoms with Crippen molar-refractivity contribution in [3.8, 4) is 11.1 Å². The summed E-state index contributed by atoms with van der Waals surface area (Å²) in [6, 6.07) is 7.67. The number of rotatable bonds is 4. The van der Waals surface area contributed by atoms with Crippen LogP contribution in [0.2, 0.25) is 0 Å². The van der Waals surface area contributed by atoms with Crippen molar-refractivity contribution in [3.05, 3.63) is 47.8 Å². The van der Waals surface area contributed by atoms with Crippen molar-refractivity contribution in [1.82, 2.24) is 3.97 Å². The van der Waals surface area contributed by atoms with Crippen molar-refractivity contribution in [2.24, 2.45) is 0 Å². The van der Waals surface area contributed by atoms with E-state index >= 15 is 0 Å². The van der Waals surface area contributed by atoms with Crippen molar-refractivity contribution in [1.29, 1.82) is 0 Å². The third-order valence-corrected chi connectivity index (χ3v) is 3.87. The lowest BCUT2D eigenvalue weighted by atomic mass is 9.98. The molecule has 0 aliphatic heterocycles. The number of aryl methyl sites for hydroxylation is 1. The summed E-state index contributed by atoms with van der Waals surface area (Å²) in [6.45, 7) is 3.42. The number of ketones is 1. The molecule has 0 atom stereocenters. The molecule has 20 heavy (non-hydrogen) atoms. The fourth-order valence-electron chi connectivity index (χ4n) is 1.97. The molecule has 0 N–H and O–H groups in total. The topological polar surface area (TPSA) is 22.0 Å². The highest BCUT2D eigenvalue weighted by Crippen LogP contribution is 2.39. The van der Waals surface area contributed by atoms with Crippen LogP contribution in [-0.2, 0) is 0 Å². The molecule has 1 aromatic heterocycles. The van der Waals surface area contributed by atoms with Crippen LogP contribution in [0.15, 0.2) is 36.7 Å². The van der Waals surface area contributed by atoms with E-state index in [1.54, 1.807) is 6.20 Å². The highest BCUT2D eigenvalue weighted by molar-refractivity contribution is 8.01. The van der Waals surface area contributed by atoms with Gasteiger partial charge in [-0.1, -0.05) is 47.5 Å². The van der Waals surface area contributed by atoms with Gasteiger partial charge in [0.15, 0.2) is 5.78 Å². The second-order valence-electron chi connectivity index (χ2n) is 4.35. The second-order valence-corrected chi connectivity index (χ2v) is 7.20. The van der Waals surface area contributed by atoms with Crippen LogP contribution >= 0.6 is 35.1 Å². The quantitative estimate of drug-likeness (QED) is 0.565. The van der Waals surface area contributed by atoms with Gasteiger partial charge in [-0.05, 0) is 25.0 Å². The minimum absolute atomic E-state index is 0.101. The molecule has 1 aromatic carbocycles. The van der Waals surface area contributed by atoms with Gasteiger partial charge in [0.2, 0.25) is 0 Å². The summed E-state index contributed by atoms with van der Waals surface area (Å²) in [5.41, 5.74) is 3.19. The van der Waals surface area contributed by atoms with Gasteiger partial charge in [0.05, 0.1) is 0 Å². The molecule has 0 radical (unpaired) electrons. The Morgan fingerprint density at radius 3 is 2.45 bits per heavy atom. The van der Waals surface area contributed by atoms with E-state index in [0.717, 1.165) is 16.7 Å². The molecule has 0 spiro atoms. The Morgan fingerprint density at radius 2 is 1.90 bits per heavy atom. The zero-order chi connectivity index (χ0) is 14.9. The fourth-order valence-corrected chi connectivity index (χ4v) is 3.01. The predicted octanol–water partition coefficient (Wildman–Crippen LogP) is 5.22. The van der Waals surface area contributed by atoms with Crippen molar-refractivity contribution in [2.75, 3.05) is 0 Å². The molecule has 0 unspecified atom stereocenters. The summed E-state index contributed by atoms with van der Waals surface area (Å²) in [5, 5.41) is 0. The first-order chi connectivity index (χ1) is 9.28. The molecule has 0 aliphatic carbocycles. The first-order valence-electron chi connectivity index (χ1n) is 5.83. The highest BCUT2D eigenvalue weighted by Gasteiger charge is 2.26. The minimum atomic E-state index is -2.45. The molecule has 1 heterocycles. The predicted molar refractivity (Wildman–Crippen MR) is 83.1 cm³/mol. The Hall–Kier alpha value is -0.970. The smallest absolute Gasteiger partial charge is 0.294 e. The van der Waals surface area contributed by atoms with Crippen LogP contribution in [0.5, 0.6) is 0 Å². The molecule has 0 aliphatic rings. The standard InChI is InChI=1S/C14H12Cl2FNOS/c1-9-5-3-4-6-11(9)13-8-18(20-14(15,16)17)7-12(13)10(2)19/h3-8H,1-2H3. The van der Waals surface area contributed by atoms with Crippen LogP contribution in [0.25, 0.3) is 11.1 Å². The molecular formula is C14H12Cl2FNOS. The van der Waals surface area contributed by atoms with E-state index in [4.69, 9.17) is 23.2 Å². The Kier molecular flexibility index (Phi) is 4.47. The van der Waals surface area contributed by atoms with Gasteiger partial charge in [-0.3, -0.25) is 8.77 Å². The lowest BCUT2D eigenvalue weighted by Gasteiger charge is -2.08. The molecule has 0 saturated heterocycles. The van der Waals surface area contributed by atoms with Gasteiger partial charge < -0.3 is 0 Å². The maximum Gasteiger partial charge on any atom is 0.323 e. The third-order valence-electron chi connectivity index (χ3n) is 2.83. The van der Waals surface area contributed by atoms with Crippen LogP contribution in [-0.4, -0.2) is 13.7 Å². The lowest BCUT2D eigenvalue weighted by molar-refractivity contribution is 0.101. The highest BCUT2D eigenvalue weighted by atomic mass is 35.5. The van der Waals surface area contributed by atoms with Crippen LogP contribution < -0.4 is 0 Å². The first kappa shape index (κ1) is 15.4. The van der Waals surface area contributed by atoms with Crippen LogP contribution in [0.3, 0.4) is 0 Å². The number of aromatic nitrogens is 1. The van der Waals surface area contributed by atoms with Gasteiger partial charge in [-0.25, -0.2) is 0 Å². The molecule has 2 nitrogen and oxygen atoms in total. The zero-order valence-corrected chi connectivity index (χ0v) is 13.2. The number of Topliss-reactive ketones (excluding diaryl/α,β-unsaturated/α-hetero) is 1. The lowest BCUT2D eigenvalue weighted by Crippen LogP contribution is -2.00. The largest absolute Gasteiger partial charge is 0.323 e. The fraction of sp³-hybridized carbons (Fsp3) is 0.214. The molecule has 2 rings (SSSR count). The Bertz CT molecular complexity index is 649. The number of carbonyl (C=O) groups is 1. The summed E-state index contributed by atoms with van der Waals surface area (Å²) >= 11 is 11.3. The van der Waals surface area contributed by atoms with Crippen molar-refractivity contribution < 1.29 is 9.18 Å². The monoisotopic (exact) mass is 331 g/mol. The van der Waals surface area contributed by atoms with Gasteiger partial charge in [-0.15, -0.1) is 0 Å². The number of benzene rings is 1. The van der Waals surface area contributed by atoms with Crippen LogP contribution in [0, 0.1) is 6.92 Å². The van der Waals surface area contributed by atoms with Gasteiger partial charge >= 0.3 is 3.92 Å². The first-order valence-corrected chi connectivity index (χ1v) is 7.36. The molecule has 0 fully saturated rings. The zero-order valence-electron chi connectivity index (χ0n) is 10.9. The molecule has 0 bridgehead atoms. The van der Waals surface area contributed by atoms with Gasteiger partial charge in [0, 0.05) is 35.5 Å². The molecular weight excluding hydrogens is 320 g/mol. The third kappa shape index (κ3) is 3.57. The average Bonchev–Trinajstić information content (AvgIpc) is 2.71. The summed E-state index contributed by atoms with van der Waals surface area (Å²) in [6.07, 6.45) is 3.19. The average molecular weight is 332 g/mol. The number of nitrogens with zero attached hydrogens (tertiary/aromatic N) is 1. The summed E-state index contributed by atoms with van der Waals surface area (Å²) in [4.78, 5) is 11.7. The van der Waals surface area contributed by atoms with E-state index in [1.807, 2.05) is 31.2 Å². The summed E-state index contributed by atoms with van der Waals surface area (Å²) in [7, 11) is 0. The van der Waals surface area contributed by atoms with Gasteiger partial charge in [0.25, 0.3) is 0 Å².